The molecule has 3 aromatic rings. The van der Waals surface area contributed by atoms with Gasteiger partial charge in [0, 0.05) is 31.7 Å². The van der Waals surface area contributed by atoms with Crippen molar-refractivity contribution in [3.63, 3.8) is 0 Å². The first-order valence-electron chi connectivity index (χ1n) is 10.7. The number of hydrogen-bond donors (Lipinski definition) is 0. The highest BCUT2D eigenvalue weighted by molar-refractivity contribution is 7.22. The average molecular weight is 440 g/mol. The van der Waals surface area contributed by atoms with Crippen molar-refractivity contribution in [1.29, 1.82) is 0 Å². The number of anilines is 1. The molecular weight excluding hydrogens is 410 g/mol. The Morgan fingerprint density at radius 1 is 1.16 bits per heavy atom. The molecule has 2 aromatic carbocycles. The minimum atomic E-state index is -0.0296. The molecule has 2 heterocycles. The van der Waals surface area contributed by atoms with E-state index in [1.807, 2.05) is 29.2 Å². The Hall–Kier alpha value is -2.48. The fourth-order valence-electron chi connectivity index (χ4n) is 3.78. The fraction of sp³-hybridized carbons (Fsp3) is 0.417. The predicted octanol–water partition coefficient (Wildman–Crippen LogP) is 4.29. The number of fused-ring (bicyclic) bond motifs is 1. The molecule has 0 unspecified atom stereocenters. The van der Waals surface area contributed by atoms with Gasteiger partial charge in [-0.05, 0) is 61.7 Å². The van der Waals surface area contributed by atoms with E-state index in [0.29, 0.717) is 12.1 Å². The topological polar surface area (TPSA) is 54.9 Å². The van der Waals surface area contributed by atoms with Crippen LogP contribution in [0.3, 0.4) is 0 Å². The monoisotopic (exact) mass is 439 g/mol. The van der Waals surface area contributed by atoms with Gasteiger partial charge in [-0.1, -0.05) is 17.4 Å². The number of hydrogen-bond acceptors (Lipinski definition) is 6. The molecule has 1 fully saturated rings. The number of aryl methyl sites for hydroxylation is 2. The van der Waals surface area contributed by atoms with Crippen LogP contribution in [0.25, 0.3) is 10.2 Å². The third-order valence-electron chi connectivity index (χ3n) is 5.85. The molecule has 31 heavy (non-hydrogen) atoms. The lowest BCUT2D eigenvalue weighted by molar-refractivity contribution is 0.0376. The lowest BCUT2D eigenvalue weighted by atomic mass is 10.1. The van der Waals surface area contributed by atoms with E-state index >= 15 is 0 Å². The van der Waals surface area contributed by atoms with Crippen LogP contribution in [0, 0.1) is 13.8 Å². The summed E-state index contributed by atoms with van der Waals surface area (Å²) in [6.45, 7) is 9.22. The van der Waals surface area contributed by atoms with Crippen LogP contribution in [0.2, 0.25) is 0 Å². The van der Waals surface area contributed by atoms with E-state index in [-0.39, 0.29) is 5.91 Å². The van der Waals surface area contributed by atoms with Crippen LogP contribution in [-0.2, 0) is 4.74 Å². The lowest BCUT2D eigenvalue weighted by Gasteiger charge is -2.27. The van der Waals surface area contributed by atoms with Crippen LogP contribution >= 0.6 is 11.3 Å². The summed E-state index contributed by atoms with van der Waals surface area (Å²) in [5.74, 6) is 0.708. The van der Waals surface area contributed by atoms with Crippen molar-refractivity contribution in [3.05, 3.63) is 53.1 Å². The van der Waals surface area contributed by atoms with Gasteiger partial charge in [0.25, 0.3) is 5.91 Å². The molecule has 7 heteroatoms. The number of methoxy groups -OCH3 is 1. The number of amides is 1. The highest BCUT2D eigenvalue weighted by Gasteiger charge is 2.22. The molecule has 0 spiro atoms. The number of ether oxygens (including phenoxy) is 2. The maximum absolute atomic E-state index is 13.5. The number of aromatic nitrogens is 1. The molecule has 0 N–H and O–H groups in total. The summed E-state index contributed by atoms with van der Waals surface area (Å²) >= 11 is 1.58. The van der Waals surface area contributed by atoms with Crippen molar-refractivity contribution in [1.82, 2.24) is 9.88 Å². The Morgan fingerprint density at radius 2 is 1.90 bits per heavy atom. The Kier molecular flexibility index (Phi) is 6.85. The lowest BCUT2D eigenvalue weighted by Crippen LogP contribution is -2.39. The van der Waals surface area contributed by atoms with Gasteiger partial charge in [0.15, 0.2) is 5.13 Å². The van der Waals surface area contributed by atoms with Crippen molar-refractivity contribution < 1.29 is 14.3 Å². The Bertz CT molecular complexity index is 1040. The number of thiazole rings is 1. The maximum atomic E-state index is 13.5. The molecule has 1 aliphatic heterocycles. The molecule has 6 nitrogen and oxygen atoms in total. The number of benzene rings is 2. The molecule has 1 saturated heterocycles. The normalized spacial score (nSPS) is 14.7. The zero-order valence-corrected chi connectivity index (χ0v) is 19.2. The van der Waals surface area contributed by atoms with Gasteiger partial charge in [-0.2, -0.15) is 0 Å². The second-order valence-corrected chi connectivity index (χ2v) is 8.85. The first kappa shape index (κ1) is 21.7. The molecule has 1 aromatic heterocycles. The highest BCUT2D eigenvalue weighted by atomic mass is 32.1. The second-order valence-electron chi connectivity index (χ2n) is 7.84. The van der Waals surface area contributed by atoms with Crippen molar-refractivity contribution >= 4 is 32.6 Å². The van der Waals surface area contributed by atoms with Crippen molar-refractivity contribution in [2.75, 3.05) is 51.4 Å². The zero-order chi connectivity index (χ0) is 21.8. The largest absolute Gasteiger partial charge is 0.497 e. The van der Waals surface area contributed by atoms with E-state index < -0.39 is 0 Å². The number of rotatable bonds is 7. The Balaban J connectivity index is 1.59. The number of nitrogens with zero attached hydrogens (tertiary/aromatic N) is 3. The predicted molar refractivity (Wildman–Crippen MR) is 126 cm³/mol. The van der Waals surface area contributed by atoms with E-state index in [1.54, 1.807) is 18.4 Å². The standard InChI is InChI=1S/C24H29N3O3S/c1-17-5-10-21-22(18(17)2)25-24(31-21)27(12-4-11-26-13-15-30-16-14-26)23(28)19-6-8-20(29-3)9-7-19/h5-10H,4,11-16H2,1-3H3. The van der Waals surface area contributed by atoms with Crippen LogP contribution in [0.1, 0.15) is 27.9 Å². The summed E-state index contributed by atoms with van der Waals surface area (Å²) in [6.07, 6.45) is 0.885. The zero-order valence-electron chi connectivity index (χ0n) is 18.4. The fourth-order valence-corrected chi connectivity index (χ4v) is 4.83. The van der Waals surface area contributed by atoms with E-state index in [4.69, 9.17) is 14.5 Å². The molecule has 0 atom stereocenters. The van der Waals surface area contributed by atoms with E-state index in [2.05, 4.69) is 30.9 Å². The van der Waals surface area contributed by atoms with E-state index in [1.165, 1.54) is 11.1 Å². The Labute approximate surface area is 187 Å². The van der Waals surface area contributed by atoms with Crippen LogP contribution in [-0.4, -0.2) is 62.3 Å². The van der Waals surface area contributed by atoms with Crippen molar-refractivity contribution in [2.45, 2.75) is 20.3 Å². The van der Waals surface area contributed by atoms with E-state index in [0.717, 1.165) is 60.4 Å². The third kappa shape index (κ3) is 4.89. The molecule has 0 saturated carbocycles. The molecule has 0 radical (unpaired) electrons. The number of morpholine rings is 1. The smallest absolute Gasteiger partial charge is 0.260 e. The van der Waals surface area contributed by atoms with Gasteiger partial charge in [0.2, 0.25) is 0 Å². The number of carbonyl (C=O) groups excluding carboxylic acids is 1. The highest BCUT2D eigenvalue weighted by Crippen LogP contribution is 2.33. The summed E-state index contributed by atoms with van der Waals surface area (Å²) in [7, 11) is 1.63. The molecule has 0 aliphatic carbocycles. The quantitative estimate of drug-likeness (QED) is 0.550. The molecule has 1 amide bonds. The first-order valence-corrected chi connectivity index (χ1v) is 11.5. The van der Waals surface area contributed by atoms with Gasteiger partial charge in [-0.3, -0.25) is 14.6 Å². The SMILES string of the molecule is COc1ccc(C(=O)N(CCCN2CCOCC2)c2nc3c(C)c(C)ccc3s2)cc1. The van der Waals surface area contributed by atoms with E-state index in [9.17, 15) is 4.79 Å². The third-order valence-corrected chi connectivity index (χ3v) is 6.89. The summed E-state index contributed by atoms with van der Waals surface area (Å²) in [5.41, 5.74) is 4.01. The minimum absolute atomic E-state index is 0.0296. The van der Waals surface area contributed by atoms with Gasteiger partial charge >= 0.3 is 0 Å². The molecule has 1 aliphatic rings. The van der Waals surface area contributed by atoms with Gasteiger partial charge in [0.05, 0.1) is 30.5 Å². The maximum Gasteiger partial charge on any atom is 0.260 e. The van der Waals surface area contributed by atoms with Gasteiger partial charge < -0.3 is 9.47 Å². The minimum Gasteiger partial charge on any atom is -0.497 e. The van der Waals surface area contributed by atoms with Crippen LogP contribution < -0.4 is 9.64 Å². The second kappa shape index (κ2) is 9.77. The molecule has 0 bridgehead atoms. The number of carbonyl (C=O) groups is 1. The summed E-state index contributed by atoms with van der Waals surface area (Å²) in [4.78, 5) is 22.6. The summed E-state index contributed by atoms with van der Waals surface area (Å²) < 4.78 is 11.8. The van der Waals surface area contributed by atoms with Crippen molar-refractivity contribution in [2.24, 2.45) is 0 Å². The van der Waals surface area contributed by atoms with Crippen LogP contribution in [0.5, 0.6) is 5.75 Å². The van der Waals surface area contributed by atoms with Gasteiger partial charge in [0.1, 0.15) is 5.75 Å². The summed E-state index contributed by atoms with van der Waals surface area (Å²) in [6, 6.07) is 11.5. The van der Waals surface area contributed by atoms with Crippen molar-refractivity contribution in [3.8, 4) is 5.75 Å². The summed E-state index contributed by atoms with van der Waals surface area (Å²) in [5, 5.41) is 0.756. The van der Waals surface area contributed by atoms with Gasteiger partial charge in [-0.15, -0.1) is 0 Å². The first-order chi connectivity index (χ1) is 15.1. The molecule has 164 valence electrons. The van der Waals surface area contributed by atoms with Gasteiger partial charge in [-0.25, -0.2) is 4.98 Å². The molecule has 4 rings (SSSR count). The Morgan fingerprint density at radius 3 is 2.61 bits per heavy atom. The average Bonchev–Trinajstić information content (AvgIpc) is 3.24. The van der Waals surface area contributed by atoms with Crippen LogP contribution in [0.15, 0.2) is 36.4 Å². The van der Waals surface area contributed by atoms with Crippen LogP contribution in [0.4, 0.5) is 5.13 Å². The molecular formula is C24H29N3O3S.